The molecule has 1 amide bonds. The Bertz CT molecular complexity index is 1460. The van der Waals surface area contributed by atoms with E-state index < -0.39 is 52.2 Å². The lowest BCUT2D eigenvalue weighted by molar-refractivity contribution is -0.136. The number of nitrogens with zero attached hydrogens (tertiary/aromatic N) is 2. The second kappa shape index (κ2) is 8.92. The van der Waals surface area contributed by atoms with Crippen molar-refractivity contribution in [3.63, 3.8) is 0 Å². The standard InChI is InChI=1S/C26H27F3N4O3/c1-14(18-5-3-17(28)12-20(18)29)30-23(34)22(26-9-7-15(8-10-26)13-32(26)2)33-24(35)19-11-16(27)4-6-21(19)31-25(33)36/h3-6,11-12,14-15,22H,7-10,13H2,1-2H3,(H,30,34)(H,31,36)/t14-,15?,22?,26?/m1/s1. The number of rotatable bonds is 5. The molecule has 1 aromatic heterocycles. The van der Waals surface area contributed by atoms with Crippen molar-refractivity contribution >= 4 is 16.8 Å². The first-order valence-electron chi connectivity index (χ1n) is 12.0. The van der Waals surface area contributed by atoms with Gasteiger partial charge >= 0.3 is 5.69 Å². The van der Waals surface area contributed by atoms with E-state index in [1.807, 2.05) is 11.9 Å². The minimum Gasteiger partial charge on any atom is -0.348 e. The molecule has 2 N–H and O–H groups in total. The lowest BCUT2D eigenvalue weighted by Gasteiger charge is -2.56. The molecule has 2 bridgehead atoms. The Kier molecular flexibility index (Phi) is 6.02. The van der Waals surface area contributed by atoms with Crippen molar-refractivity contribution < 1.29 is 18.0 Å². The number of aromatic nitrogens is 2. The maximum absolute atomic E-state index is 14.4. The molecule has 0 radical (unpaired) electrons. The molecule has 3 heterocycles. The number of halogens is 3. The Labute approximate surface area is 204 Å². The van der Waals surface area contributed by atoms with E-state index in [-0.39, 0.29) is 16.5 Å². The third-order valence-electron chi connectivity index (χ3n) is 7.96. The molecular formula is C26H27F3N4O3. The minimum atomic E-state index is -1.25. The summed E-state index contributed by atoms with van der Waals surface area (Å²) in [5, 5.41) is 2.70. The summed E-state index contributed by atoms with van der Waals surface area (Å²) in [6.07, 6.45) is 2.84. The molecule has 3 aliphatic rings. The number of amides is 1. The van der Waals surface area contributed by atoms with Crippen molar-refractivity contribution in [3.8, 4) is 0 Å². The van der Waals surface area contributed by atoms with Crippen molar-refractivity contribution in [3.05, 3.63) is 80.3 Å². The van der Waals surface area contributed by atoms with Crippen molar-refractivity contribution in [2.75, 3.05) is 13.6 Å². The first-order valence-corrected chi connectivity index (χ1v) is 12.0. The fraction of sp³-hybridized carbons (Fsp3) is 0.423. The largest absolute Gasteiger partial charge is 0.348 e. The van der Waals surface area contributed by atoms with E-state index in [2.05, 4.69) is 10.3 Å². The minimum absolute atomic E-state index is 0.0476. The summed E-state index contributed by atoms with van der Waals surface area (Å²) in [7, 11) is 1.87. The highest BCUT2D eigenvalue weighted by Gasteiger charge is 2.53. The fourth-order valence-corrected chi connectivity index (χ4v) is 6.05. The van der Waals surface area contributed by atoms with Gasteiger partial charge in [0, 0.05) is 18.2 Å². The van der Waals surface area contributed by atoms with E-state index >= 15 is 0 Å². The smallest absolute Gasteiger partial charge is 0.329 e. The Hall–Kier alpha value is -3.40. The van der Waals surface area contributed by atoms with Crippen LogP contribution in [0.4, 0.5) is 13.2 Å². The van der Waals surface area contributed by atoms with Crippen LogP contribution in [0.15, 0.2) is 46.0 Å². The van der Waals surface area contributed by atoms with Crippen molar-refractivity contribution in [1.29, 1.82) is 0 Å². The van der Waals surface area contributed by atoms with Gasteiger partial charge in [0.2, 0.25) is 5.91 Å². The van der Waals surface area contributed by atoms with Gasteiger partial charge in [0.05, 0.1) is 22.5 Å². The van der Waals surface area contributed by atoms with Crippen LogP contribution < -0.4 is 16.6 Å². The number of nitrogens with one attached hydrogen (secondary N) is 2. The molecule has 36 heavy (non-hydrogen) atoms. The maximum atomic E-state index is 14.4. The normalized spacial score (nSPS) is 23.5. The number of aromatic amines is 1. The fourth-order valence-electron chi connectivity index (χ4n) is 6.05. The summed E-state index contributed by atoms with van der Waals surface area (Å²) in [6.45, 7) is 2.26. The van der Waals surface area contributed by atoms with Crippen LogP contribution >= 0.6 is 0 Å². The topological polar surface area (TPSA) is 87.2 Å². The highest BCUT2D eigenvalue weighted by Crippen LogP contribution is 2.48. The molecule has 2 saturated heterocycles. The third-order valence-corrected chi connectivity index (χ3v) is 7.96. The highest BCUT2D eigenvalue weighted by molar-refractivity contribution is 5.83. The third kappa shape index (κ3) is 3.93. The molecule has 190 valence electrons. The van der Waals surface area contributed by atoms with Gasteiger partial charge in [0.25, 0.3) is 5.56 Å². The number of carbonyl (C=O) groups excluding carboxylic acids is 1. The van der Waals surface area contributed by atoms with Gasteiger partial charge in [-0.05, 0) is 69.8 Å². The maximum Gasteiger partial charge on any atom is 0.329 e. The second-order valence-corrected chi connectivity index (χ2v) is 10.0. The van der Waals surface area contributed by atoms with Crippen LogP contribution in [-0.4, -0.2) is 39.5 Å². The number of hydrogen-bond acceptors (Lipinski definition) is 4. The average molecular weight is 501 g/mol. The molecule has 3 fully saturated rings. The van der Waals surface area contributed by atoms with Crippen LogP contribution in [0.5, 0.6) is 0 Å². The predicted octanol–water partition coefficient (Wildman–Crippen LogP) is 3.40. The number of carbonyl (C=O) groups is 1. The lowest BCUT2D eigenvalue weighted by atomic mass is 9.66. The van der Waals surface area contributed by atoms with E-state index in [9.17, 15) is 27.6 Å². The summed E-state index contributed by atoms with van der Waals surface area (Å²) in [6, 6.07) is 4.45. The highest BCUT2D eigenvalue weighted by atomic mass is 19.1. The van der Waals surface area contributed by atoms with Gasteiger partial charge in [-0.25, -0.2) is 22.5 Å². The average Bonchev–Trinajstić information content (AvgIpc) is 2.83. The molecule has 1 saturated carbocycles. The van der Waals surface area contributed by atoms with Gasteiger partial charge in [-0.2, -0.15) is 0 Å². The first-order chi connectivity index (χ1) is 17.1. The van der Waals surface area contributed by atoms with E-state index in [4.69, 9.17) is 0 Å². The van der Waals surface area contributed by atoms with Crippen LogP contribution in [0.25, 0.3) is 10.9 Å². The van der Waals surface area contributed by atoms with E-state index in [1.54, 1.807) is 6.92 Å². The second-order valence-electron chi connectivity index (χ2n) is 10.0. The monoisotopic (exact) mass is 500 g/mol. The summed E-state index contributed by atoms with van der Waals surface area (Å²) >= 11 is 0. The number of piperidine rings is 2. The summed E-state index contributed by atoms with van der Waals surface area (Å²) < 4.78 is 42.7. The van der Waals surface area contributed by atoms with Crippen molar-refractivity contribution in [1.82, 2.24) is 19.8 Å². The molecule has 1 unspecified atom stereocenters. The molecule has 2 aromatic carbocycles. The number of likely N-dealkylation sites (N-methyl/N-ethyl adjacent to an activating group) is 1. The summed E-state index contributed by atoms with van der Waals surface area (Å²) in [4.78, 5) is 45.4. The molecular weight excluding hydrogens is 473 g/mol. The van der Waals surface area contributed by atoms with Crippen molar-refractivity contribution in [2.45, 2.75) is 50.2 Å². The van der Waals surface area contributed by atoms with E-state index in [1.165, 1.54) is 12.1 Å². The molecule has 1 aliphatic carbocycles. The van der Waals surface area contributed by atoms with Crippen LogP contribution in [-0.2, 0) is 4.79 Å². The zero-order valence-corrected chi connectivity index (χ0v) is 20.0. The van der Waals surface area contributed by atoms with Gasteiger partial charge in [-0.1, -0.05) is 6.07 Å². The zero-order valence-electron chi connectivity index (χ0n) is 20.0. The van der Waals surface area contributed by atoms with Gasteiger partial charge in [-0.15, -0.1) is 0 Å². The SMILES string of the molecule is C[C@@H](NC(=O)C(n1c(=O)[nH]c2ccc(F)cc2c1=O)C12CCC(CC1)CN2C)c1ccc(F)cc1F. The molecule has 2 atom stereocenters. The quantitative estimate of drug-likeness (QED) is 0.562. The zero-order chi connectivity index (χ0) is 25.8. The van der Waals surface area contributed by atoms with Gasteiger partial charge in [0.15, 0.2) is 0 Å². The Morgan fingerprint density at radius 3 is 2.42 bits per heavy atom. The van der Waals surface area contributed by atoms with Crippen LogP contribution in [0.1, 0.15) is 50.3 Å². The number of H-pyrrole nitrogens is 1. The van der Waals surface area contributed by atoms with Crippen LogP contribution in [0, 0.1) is 23.4 Å². The van der Waals surface area contributed by atoms with Crippen LogP contribution in [0.2, 0.25) is 0 Å². The summed E-state index contributed by atoms with van der Waals surface area (Å²) in [5.41, 5.74) is -2.15. The molecule has 7 nitrogen and oxygen atoms in total. The Morgan fingerprint density at radius 2 is 1.75 bits per heavy atom. The van der Waals surface area contributed by atoms with Crippen LogP contribution in [0.3, 0.4) is 0 Å². The van der Waals surface area contributed by atoms with E-state index in [0.717, 1.165) is 41.7 Å². The first kappa shape index (κ1) is 24.3. The lowest BCUT2D eigenvalue weighted by Crippen LogP contribution is -2.66. The Morgan fingerprint density at radius 1 is 1.08 bits per heavy atom. The molecule has 10 heteroatoms. The van der Waals surface area contributed by atoms with Gasteiger partial charge in [0.1, 0.15) is 23.5 Å². The summed E-state index contributed by atoms with van der Waals surface area (Å²) in [5.74, 6) is -2.37. The van der Waals surface area contributed by atoms with Gasteiger partial charge < -0.3 is 10.3 Å². The molecule has 6 rings (SSSR count). The molecule has 2 aliphatic heterocycles. The van der Waals surface area contributed by atoms with E-state index in [0.29, 0.717) is 25.3 Å². The molecule has 0 spiro atoms. The number of benzene rings is 2. The molecule has 3 aromatic rings. The number of hydrogen-bond donors (Lipinski definition) is 2. The van der Waals surface area contributed by atoms with Gasteiger partial charge in [-0.3, -0.25) is 14.5 Å². The van der Waals surface area contributed by atoms with Crippen molar-refractivity contribution in [2.24, 2.45) is 5.92 Å². The Balaban J connectivity index is 1.64. The predicted molar refractivity (Wildman–Crippen MR) is 128 cm³/mol. The number of fused-ring (bicyclic) bond motifs is 4.